The van der Waals surface area contributed by atoms with Crippen LogP contribution in [-0.2, 0) is 4.79 Å². The van der Waals surface area contributed by atoms with Crippen LogP contribution in [0.4, 0.5) is 18.9 Å². The average molecular weight is 302 g/mol. The first-order valence-corrected chi connectivity index (χ1v) is 6.08. The van der Waals surface area contributed by atoms with Gasteiger partial charge in [0.2, 0.25) is 5.91 Å². The molecule has 1 aromatic heterocycles. The van der Waals surface area contributed by atoms with Crippen LogP contribution in [0.5, 0.6) is 0 Å². The van der Waals surface area contributed by atoms with Gasteiger partial charge >= 0.3 is 11.9 Å². The molecule has 0 bridgehead atoms. The second kappa shape index (κ2) is 5.51. The molecule has 0 aliphatic heterocycles. The van der Waals surface area contributed by atoms with E-state index in [1.807, 2.05) is 0 Å². The minimum absolute atomic E-state index is 0.363. The van der Waals surface area contributed by atoms with E-state index < -0.39 is 24.7 Å². The molecule has 0 aliphatic rings. The van der Waals surface area contributed by atoms with Gasteiger partial charge in [-0.15, -0.1) is 0 Å². The highest BCUT2D eigenvalue weighted by atomic mass is 19.4. The van der Waals surface area contributed by atoms with Crippen molar-refractivity contribution < 1.29 is 18.0 Å². The van der Waals surface area contributed by atoms with E-state index >= 15 is 0 Å². The van der Waals surface area contributed by atoms with Crippen molar-refractivity contribution >= 4 is 22.6 Å². The number of hydrogen-bond acceptors (Lipinski definition) is 3. The molecule has 114 valence electrons. The Hall–Kier alpha value is -2.45. The minimum Gasteiger partial charge on any atom is -0.374 e. The highest BCUT2D eigenvalue weighted by Gasteiger charge is 2.28. The van der Waals surface area contributed by atoms with Crippen molar-refractivity contribution in [2.75, 3.05) is 11.9 Å². The number of halogens is 3. The summed E-state index contributed by atoms with van der Waals surface area (Å²) >= 11 is 0. The third kappa shape index (κ3) is 4.01. The van der Waals surface area contributed by atoms with E-state index in [0.29, 0.717) is 16.7 Å². The zero-order valence-electron chi connectivity index (χ0n) is 11.0. The van der Waals surface area contributed by atoms with Crippen LogP contribution in [0.1, 0.15) is 6.92 Å². The van der Waals surface area contributed by atoms with Crippen LogP contribution in [0, 0.1) is 0 Å². The number of amides is 1. The summed E-state index contributed by atoms with van der Waals surface area (Å²) in [5.41, 5.74) is 1.28. The van der Waals surface area contributed by atoms with Crippen LogP contribution in [0.25, 0.3) is 11.0 Å². The van der Waals surface area contributed by atoms with Crippen LogP contribution >= 0.6 is 0 Å². The number of carbonyl (C=O) groups excluding carboxylic acids is 1. The van der Waals surface area contributed by atoms with Crippen LogP contribution in [0.2, 0.25) is 0 Å². The van der Waals surface area contributed by atoms with Gasteiger partial charge in [-0.05, 0) is 25.1 Å². The second-order valence-corrected chi connectivity index (χ2v) is 4.54. The van der Waals surface area contributed by atoms with Crippen LogP contribution in [-0.4, -0.2) is 34.6 Å². The number of H-pyrrole nitrogens is 2. The van der Waals surface area contributed by atoms with E-state index in [1.54, 1.807) is 23.5 Å². The first kappa shape index (κ1) is 14.9. The number of carbonyl (C=O) groups is 1. The van der Waals surface area contributed by atoms with Gasteiger partial charge < -0.3 is 20.6 Å². The Bertz CT molecular complexity index is 704. The molecule has 2 aromatic rings. The van der Waals surface area contributed by atoms with Gasteiger partial charge in [-0.3, -0.25) is 4.79 Å². The van der Waals surface area contributed by atoms with Crippen molar-refractivity contribution in [2.24, 2.45) is 0 Å². The molecule has 1 amide bonds. The lowest BCUT2D eigenvalue weighted by molar-refractivity contribution is -0.138. The van der Waals surface area contributed by atoms with E-state index in [0.717, 1.165) is 0 Å². The summed E-state index contributed by atoms with van der Waals surface area (Å²) < 4.78 is 36.0. The lowest BCUT2D eigenvalue weighted by Crippen LogP contribution is -2.42. The largest absolute Gasteiger partial charge is 0.405 e. The number of nitrogens with one attached hydrogen (secondary N) is 4. The normalized spacial score (nSPS) is 13.1. The molecular weight excluding hydrogens is 289 g/mol. The quantitative estimate of drug-likeness (QED) is 0.687. The Labute approximate surface area is 116 Å². The number of fused-ring (bicyclic) bond motifs is 1. The monoisotopic (exact) mass is 302 g/mol. The zero-order valence-corrected chi connectivity index (χ0v) is 11.0. The smallest absolute Gasteiger partial charge is 0.374 e. The number of benzene rings is 1. The molecule has 1 atom stereocenters. The van der Waals surface area contributed by atoms with Gasteiger partial charge in [0, 0.05) is 5.69 Å². The third-order valence-corrected chi connectivity index (χ3v) is 2.76. The fraction of sp³-hybridized carbons (Fsp3) is 0.333. The van der Waals surface area contributed by atoms with Gasteiger partial charge in [-0.1, -0.05) is 0 Å². The number of alkyl halides is 3. The summed E-state index contributed by atoms with van der Waals surface area (Å²) in [6.07, 6.45) is -4.45. The topological polar surface area (TPSA) is 89.8 Å². The Balaban J connectivity index is 2.01. The minimum atomic E-state index is -4.45. The maximum atomic E-state index is 12.0. The van der Waals surface area contributed by atoms with Gasteiger partial charge in [0.15, 0.2) is 0 Å². The van der Waals surface area contributed by atoms with Gasteiger partial charge in [-0.2, -0.15) is 13.2 Å². The van der Waals surface area contributed by atoms with Crippen LogP contribution in [0.3, 0.4) is 0 Å². The summed E-state index contributed by atoms with van der Waals surface area (Å²) in [6.45, 7) is 0.0672. The summed E-state index contributed by atoms with van der Waals surface area (Å²) in [5.74, 6) is -0.769. The molecule has 2 rings (SSSR count). The average Bonchev–Trinajstić information content (AvgIpc) is 2.74. The summed E-state index contributed by atoms with van der Waals surface area (Å²) in [5, 5.41) is 4.56. The fourth-order valence-electron chi connectivity index (χ4n) is 1.78. The molecule has 1 unspecified atom stereocenters. The van der Waals surface area contributed by atoms with Crippen LogP contribution < -0.4 is 16.3 Å². The van der Waals surface area contributed by atoms with Crippen molar-refractivity contribution in [3.05, 3.63) is 28.7 Å². The number of anilines is 1. The predicted octanol–water partition coefficient (Wildman–Crippen LogP) is 1.34. The number of rotatable bonds is 4. The van der Waals surface area contributed by atoms with Gasteiger partial charge in [-0.25, -0.2) is 4.79 Å². The van der Waals surface area contributed by atoms with Gasteiger partial charge in [0.1, 0.15) is 12.6 Å². The molecule has 21 heavy (non-hydrogen) atoms. The van der Waals surface area contributed by atoms with Crippen LogP contribution in [0.15, 0.2) is 23.0 Å². The van der Waals surface area contributed by atoms with Crippen molar-refractivity contribution in [1.82, 2.24) is 15.3 Å². The number of imidazole rings is 1. The molecule has 0 spiro atoms. The van der Waals surface area contributed by atoms with E-state index in [4.69, 9.17) is 0 Å². The van der Waals surface area contributed by atoms with E-state index in [2.05, 4.69) is 15.3 Å². The second-order valence-electron chi connectivity index (χ2n) is 4.54. The van der Waals surface area contributed by atoms with Crippen molar-refractivity contribution in [2.45, 2.75) is 19.1 Å². The fourth-order valence-corrected chi connectivity index (χ4v) is 1.78. The number of aromatic amines is 2. The van der Waals surface area contributed by atoms with Gasteiger partial charge in [0.25, 0.3) is 0 Å². The lowest BCUT2D eigenvalue weighted by atomic mass is 10.2. The van der Waals surface area contributed by atoms with E-state index in [1.165, 1.54) is 6.92 Å². The standard InChI is InChI=1S/C12H13F3N4O2/c1-6(10(20)16-5-12(13,14)15)17-7-2-3-8-9(4-7)19-11(21)18-8/h2-4,6,17H,5H2,1H3,(H,16,20)(H2,18,19,21). The Morgan fingerprint density at radius 1 is 1.29 bits per heavy atom. The molecule has 4 N–H and O–H groups in total. The summed E-state index contributed by atoms with van der Waals surface area (Å²) in [6, 6.07) is 3.96. The lowest BCUT2D eigenvalue weighted by Gasteiger charge is -2.16. The molecule has 9 heteroatoms. The first-order valence-electron chi connectivity index (χ1n) is 6.08. The molecular formula is C12H13F3N4O2. The molecule has 1 heterocycles. The first-order chi connectivity index (χ1) is 9.74. The van der Waals surface area contributed by atoms with Crippen molar-refractivity contribution in [3.63, 3.8) is 0 Å². The Morgan fingerprint density at radius 2 is 1.95 bits per heavy atom. The summed E-state index contributed by atoms with van der Waals surface area (Å²) in [4.78, 5) is 27.7. The highest BCUT2D eigenvalue weighted by Crippen LogP contribution is 2.16. The molecule has 6 nitrogen and oxygen atoms in total. The molecule has 0 saturated heterocycles. The molecule has 0 radical (unpaired) electrons. The number of hydrogen-bond donors (Lipinski definition) is 4. The SMILES string of the molecule is CC(Nc1ccc2[nH]c(=O)[nH]c2c1)C(=O)NCC(F)(F)F. The Morgan fingerprint density at radius 3 is 2.62 bits per heavy atom. The maximum Gasteiger partial charge on any atom is 0.405 e. The summed E-state index contributed by atoms with van der Waals surface area (Å²) in [7, 11) is 0. The zero-order chi connectivity index (χ0) is 15.6. The molecule has 0 fully saturated rings. The predicted molar refractivity (Wildman–Crippen MR) is 71.1 cm³/mol. The Kier molecular flexibility index (Phi) is 3.92. The molecule has 0 aliphatic carbocycles. The van der Waals surface area contributed by atoms with E-state index in [9.17, 15) is 22.8 Å². The van der Waals surface area contributed by atoms with Crippen molar-refractivity contribution in [3.8, 4) is 0 Å². The highest BCUT2D eigenvalue weighted by molar-refractivity contribution is 5.85. The molecule has 0 saturated carbocycles. The van der Waals surface area contributed by atoms with Gasteiger partial charge in [0.05, 0.1) is 11.0 Å². The van der Waals surface area contributed by atoms with Crippen molar-refractivity contribution in [1.29, 1.82) is 0 Å². The third-order valence-electron chi connectivity index (χ3n) is 2.76. The number of aromatic nitrogens is 2. The molecule has 1 aromatic carbocycles. The van der Waals surface area contributed by atoms with E-state index in [-0.39, 0.29) is 5.69 Å². The maximum absolute atomic E-state index is 12.0.